The van der Waals surface area contributed by atoms with E-state index in [0.717, 1.165) is 32.3 Å². The summed E-state index contributed by atoms with van der Waals surface area (Å²) in [6.45, 7) is 5.10. The summed E-state index contributed by atoms with van der Waals surface area (Å²) in [7, 11) is 0. The van der Waals surface area contributed by atoms with E-state index >= 15 is 0 Å². The number of benzene rings is 3. The van der Waals surface area contributed by atoms with E-state index in [1.54, 1.807) is 6.07 Å². The van der Waals surface area contributed by atoms with Gasteiger partial charge in [0.1, 0.15) is 12.0 Å². The summed E-state index contributed by atoms with van der Waals surface area (Å²) < 4.78 is 0. The van der Waals surface area contributed by atoms with Gasteiger partial charge < -0.3 is 14.8 Å². The molecule has 2 aliphatic heterocycles. The van der Waals surface area contributed by atoms with Crippen molar-refractivity contribution in [2.45, 2.75) is 51.4 Å². The molecule has 3 aromatic rings. The Hall–Kier alpha value is -3.11. The third kappa shape index (κ3) is 8.19. The summed E-state index contributed by atoms with van der Waals surface area (Å²) in [5.74, 6) is 0.408. The van der Waals surface area contributed by atoms with Crippen LogP contribution < -0.4 is 4.90 Å². The van der Waals surface area contributed by atoms with E-state index < -0.39 is 0 Å². The second kappa shape index (κ2) is 14.0. The molecule has 2 saturated heterocycles. The average molecular weight is 499 g/mol. The number of phenols is 1. The molecule has 0 bridgehead atoms. The van der Waals surface area contributed by atoms with Gasteiger partial charge in [-0.1, -0.05) is 60.7 Å². The third-order valence-corrected chi connectivity index (χ3v) is 7.85. The minimum absolute atomic E-state index is 0.398. The number of aromatic hydroxyl groups is 1. The molecule has 4 nitrogen and oxygen atoms in total. The number of fused-ring (bicyclic) bond motifs is 1. The van der Waals surface area contributed by atoms with Crippen molar-refractivity contribution in [2.24, 2.45) is 5.41 Å². The molecule has 6 rings (SSSR count). The van der Waals surface area contributed by atoms with Crippen LogP contribution in [0, 0.1) is 5.41 Å². The second-order valence-electron chi connectivity index (χ2n) is 10.7. The molecule has 0 aromatic heterocycles. The molecule has 1 unspecified atom stereocenters. The summed E-state index contributed by atoms with van der Waals surface area (Å²) in [5, 5.41) is 9.19. The SMILES string of the molecule is O=CCN1CCCC2(CCCN(c3ccccc3)C2)C1.Oc1ccc2c(c1)CCCC2.c1ccccc1. The maximum atomic E-state index is 10.8. The fraction of sp³-hybridized carbons (Fsp3) is 0.424. The quantitative estimate of drug-likeness (QED) is 0.417. The highest BCUT2D eigenvalue weighted by Crippen LogP contribution is 2.39. The Morgan fingerprint density at radius 1 is 0.730 bits per heavy atom. The van der Waals surface area contributed by atoms with Gasteiger partial charge in [-0.05, 0) is 93.3 Å². The molecule has 0 saturated carbocycles. The van der Waals surface area contributed by atoms with Crippen LogP contribution in [0.15, 0.2) is 84.9 Å². The van der Waals surface area contributed by atoms with Gasteiger partial charge in [-0.2, -0.15) is 0 Å². The minimum Gasteiger partial charge on any atom is -0.508 e. The smallest absolute Gasteiger partial charge is 0.133 e. The van der Waals surface area contributed by atoms with Crippen molar-refractivity contribution < 1.29 is 9.90 Å². The third-order valence-electron chi connectivity index (χ3n) is 7.85. The number of anilines is 1. The Balaban J connectivity index is 0.000000156. The zero-order valence-corrected chi connectivity index (χ0v) is 22.1. The lowest BCUT2D eigenvalue weighted by atomic mass is 9.73. The molecule has 2 heterocycles. The first-order valence-electron chi connectivity index (χ1n) is 13.9. The van der Waals surface area contributed by atoms with E-state index in [1.165, 1.54) is 68.3 Å². The van der Waals surface area contributed by atoms with Crippen LogP contribution in [0.25, 0.3) is 0 Å². The Morgan fingerprint density at radius 3 is 2.03 bits per heavy atom. The van der Waals surface area contributed by atoms with E-state index in [1.807, 2.05) is 48.5 Å². The average Bonchev–Trinajstić information content (AvgIpc) is 2.95. The predicted molar refractivity (Wildman–Crippen MR) is 153 cm³/mol. The number of carbonyl (C=O) groups is 1. The maximum absolute atomic E-state index is 10.8. The minimum atomic E-state index is 0.398. The number of hydrogen-bond acceptors (Lipinski definition) is 4. The van der Waals surface area contributed by atoms with Crippen LogP contribution in [0.1, 0.15) is 49.7 Å². The molecule has 0 radical (unpaired) electrons. The molecule has 37 heavy (non-hydrogen) atoms. The number of rotatable bonds is 3. The number of piperidine rings is 2. The zero-order chi connectivity index (χ0) is 25.8. The Bertz CT molecular complexity index is 1040. The molecule has 1 aliphatic carbocycles. The number of aryl methyl sites for hydroxylation is 2. The van der Waals surface area contributed by atoms with Crippen molar-refractivity contribution in [3.05, 3.63) is 96.1 Å². The summed E-state index contributed by atoms with van der Waals surface area (Å²) >= 11 is 0. The first kappa shape index (κ1) is 26.9. The highest BCUT2D eigenvalue weighted by Gasteiger charge is 2.39. The van der Waals surface area contributed by atoms with Gasteiger partial charge in [0.25, 0.3) is 0 Å². The van der Waals surface area contributed by atoms with E-state index in [-0.39, 0.29) is 0 Å². The Kier molecular flexibility index (Phi) is 10.2. The van der Waals surface area contributed by atoms with Crippen molar-refractivity contribution >= 4 is 12.0 Å². The number of hydrogen-bond donors (Lipinski definition) is 1. The van der Waals surface area contributed by atoms with Crippen molar-refractivity contribution in [2.75, 3.05) is 37.6 Å². The van der Waals surface area contributed by atoms with Gasteiger partial charge in [-0.25, -0.2) is 0 Å². The lowest BCUT2D eigenvalue weighted by Gasteiger charge is -2.49. The highest BCUT2D eigenvalue weighted by atomic mass is 16.3. The standard InChI is InChI=1S/C17H24N2O.C10H12O.C6H6/c20-13-12-18-10-4-8-17(14-18)9-5-11-19(15-17)16-6-2-1-3-7-16;11-10-6-5-8-3-1-2-4-9(8)7-10;1-2-4-6-5-3-1/h1-3,6-7,13H,4-5,8-12,14-15H2;5-7,11H,1-4H2;1-6H. The summed E-state index contributed by atoms with van der Waals surface area (Å²) in [4.78, 5) is 15.7. The van der Waals surface area contributed by atoms with Crippen molar-refractivity contribution in [1.29, 1.82) is 0 Å². The molecule has 1 spiro atoms. The monoisotopic (exact) mass is 498 g/mol. The van der Waals surface area contributed by atoms with Crippen molar-refractivity contribution in [3.63, 3.8) is 0 Å². The van der Waals surface area contributed by atoms with Crippen LogP contribution in [0.2, 0.25) is 0 Å². The van der Waals surface area contributed by atoms with Gasteiger partial charge >= 0.3 is 0 Å². The molecular formula is C33H42N2O2. The van der Waals surface area contributed by atoms with Gasteiger partial charge in [0.2, 0.25) is 0 Å². The van der Waals surface area contributed by atoms with Gasteiger partial charge in [-0.3, -0.25) is 4.90 Å². The number of likely N-dealkylation sites (tertiary alicyclic amines) is 1. The number of carbonyl (C=O) groups excluding carboxylic acids is 1. The van der Waals surface area contributed by atoms with Gasteiger partial charge in [0.05, 0.1) is 6.54 Å². The summed E-state index contributed by atoms with van der Waals surface area (Å²) in [5.41, 5.74) is 4.51. The fourth-order valence-electron chi connectivity index (χ4n) is 6.08. The lowest BCUT2D eigenvalue weighted by Crippen LogP contribution is -2.52. The van der Waals surface area contributed by atoms with Gasteiger partial charge in [-0.15, -0.1) is 0 Å². The molecule has 3 aliphatic rings. The fourth-order valence-corrected chi connectivity index (χ4v) is 6.08. The summed E-state index contributed by atoms with van der Waals surface area (Å²) in [6, 6.07) is 28.5. The van der Waals surface area contributed by atoms with Crippen molar-refractivity contribution in [1.82, 2.24) is 4.90 Å². The normalized spacial score (nSPS) is 21.0. The molecule has 0 amide bonds. The Labute approximate surface area is 222 Å². The van der Waals surface area contributed by atoms with Crippen LogP contribution in [-0.4, -0.2) is 49.0 Å². The summed E-state index contributed by atoms with van der Waals surface area (Å²) in [6.07, 6.45) is 11.1. The topological polar surface area (TPSA) is 43.8 Å². The van der Waals surface area contributed by atoms with E-state index in [9.17, 15) is 9.90 Å². The molecule has 2 fully saturated rings. The molecule has 1 atom stereocenters. The number of para-hydroxylation sites is 1. The van der Waals surface area contributed by atoms with Crippen molar-refractivity contribution in [3.8, 4) is 5.75 Å². The molecule has 1 N–H and O–H groups in total. The molecule has 3 aromatic carbocycles. The van der Waals surface area contributed by atoms with Gasteiger partial charge in [0, 0.05) is 30.7 Å². The largest absolute Gasteiger partial charge is 0.508 e. The molecular weight excluding hydrogens is 456 g/mol. The Morgan fingerprint density at radius 2 is 1.35 bits per heavy atom. The van der Waals surface area contributed by atoms with Crippen LogP contribution in [-0.2, 0) is 17.6 Å². The maximum Gasteiger partial charge on any atom is 0.133 e. The first-order valence-corrected chi connectivity index (χ1v) is 13.9. The van der Waals surface area contributed by atoms with E-state index in [4.69, 9.17) is 0 Å². The number of nitrogens with zero attached hydrogens (tertiary/aromatic N) is 2. The van der Waals surface area contributed by atoms with E-state index in [0.29, 0.717) is 17.7 Å². The number of aldehydes is 1. The van der Waals surface area contributed by atoms with Crippen LogP contribution in [0.5, 0.6) is 5.75 Å². The van der Waals surface area contributed by atoms with E-state index in [2.05, 4.69) is 40.1 Å². The highest BCUT2D eigenvalue weighted by molar-refractivity contribution is 5.52. The van der Waals surface area contributed by atoms with Gasteiger partial charge in [0.15, 0.2) is 0 Å². The lowest BCUT2D eigenvalue weighted by molar-refractivity contribution is -0.109. The first-order chi connectivity index (χ1) is 18.2. The predicted octanol–water partition coefficient (Wildman–Crippen LogP) is 6.53. The molecule has 196 valence electrons. The van der Waals surface area contributed by atoms with Crippen LogP contribution in [0.3, 0.4) is 0 Å². The second-order valence-corrected chi connectivity index (χ2v) is 10.7. The zero-order valence-electron chi connectivity index (χ0n) is 22.1. The van der Waals surface area contributed by atoms with Crippen LogP contribution in [0.4, 0.5) is 5.69 Å². The molecule has 4 heteroatoms. The van der Waals surface area contributed by atoms with Crippen LogP contribution >= 0.6 is 0 Å². The number of phenolic OH excluding ortho intramolecular Hbond substituents is 1.